The minimum absolute atomic E-state index is 0.389. The van der Waals surface area contributed by atoms with Gasteiger partial charge >= 0.3 is 0 Å². The van der Waals surface area contributed by atoms with E-state index < -0.39 is 0 Å². The molecule has 1 aliphatic carbocycles. The van der Waals surface area contributed by atoms with E-state index >= 15 is 0 Å². The minimum atomic E-state index is 0.389. The molecule has 1 saturated heterocycles. The van der Waals surface area contributed by atoms with Gasteiger partial charge in [0.25, 0.3) is 0 Å². The number of nitrogens with one attached hydrogen (secondary N) is 1. The van der Waals surface area contributed by atoms with Gasteiger partial charge in [-0.05, 0) is 54.6 Å². The summed E-state index contributed by atoms with van der Waals surface area (Å²) in [4.78, 5) is 5.58. The normalized spacial score (nSPS) is 23.2. The van der Waals surface area contributed by atoms with Crippen LogP contribution in [0.1, 0.15) is 35.1 Å². The Kier molecular flexibility index (Phi) is 4.12. The van der Waals surface area contributed by atoms with Crippen molar-refractivity contribution in [3.63, 3.8) is 0 Å². The van der Waals surface area contributed by atoms with Crippen molar-refractivity contribution in [2.24, 2.45) is 5.92 Å². The number of hydrogen-bond donors (Lipinski definition) is 1. The van der Waals surface area contributed by atoms with Gasteiger partial charge in [0.1, 0.15) is 0 Å². The van der Waals surface area contributed by atoms with Gasteiger partial charge in [0.15, 0.2) is 0 Å². The smallest absolute Gasteiger partial charge is 0.0764 e. The summed E-state index contributed by atoms with van der Waals surface area (Å²) in [6.07, 6.45) is 4.24. The van der Waals surface area contributed by atoms with Gasteiger partial charge in [0.05, 0.1) is 6.04 Å². The number of thiophene rings is 2. The van der Waals surface area contributed by atoms with Crippen LogP contribution in [0.4, 0.5) is 0 Å². The number of rotatable bonds is 6. The maximum atomic E-state index is 3.84. The Bertz CT molecular complexity index is 511. The zero-order valence-corrected chi connectivity index (χ0v) is 13.8. The molecule has 4 heteroatoms. The van der Waals surface area contributed by atoms with Gasteiger partial charge in [-0.15, -0.1) is 22.7 Å². The zero-order chi connectivity index (χ0) is 14.1. The first-order chi connectivity index (χ1) is 10.4. The molecule has 1 aliphatic heterocycles. The fraction of sp³-hybridized carbons (Fsp3) is 0.529. The second-order valence-electron chi connectivity index (χ2n) is 6.25. The summed E-state index contributed by atoms with van der Waals surface area (Å²) in [7, 11) is 0. The van der Waals surface area contributed by atoms with Gasteiger partial charge in [0, 0.05) is 28.9 Å². The maximum absolute atomic E-state index is 3.84. The van der Waals surface area contributed by atoms with Crippen molar-refractivity contribution in [2.45, 2.75) is 31.3 Å². The van der Waals surface area contributed by atoms with E-state index in [2.05, 4.69) is 45.2 Å². The van der Waals surface area contributed by atoms with Gasteiger partial charge in [0.2, 0.25) is 0 Å². The van der Waals surface area contributed by atoms with Crippen molar-refractivity contribution < 1.29 is 0 Å². The SMILES string of the molecule is c1csc(C(NCC2CCN(C3CC3)C2)c2cccs2)c1. The molecule has 0 bridgehead atoms. The fourth-order valence-electron chi connectivity index (χ4n) is 3.34. The van der Waals surface area contributed by atoms with Gasteiger partial charge < -0.3 is 10.2 Å². The van der Waals surface area contributed by atoms with Crippen LogP contribution in [0, 0.1) is 5.92 Å². The van der Waals surface area contributed by atoms with Crippen LogP contribution in [0.3, 0.4) is 0 Å². The van der Waals surface area contributed by atoms with Crippen molar-refractivity contribution in [3.8, 4) is 0 Å². The first-order valence-corrected chi connectivity index (χ1v) is 9.70. The molecule has 21 heavy (non-hydrogen) atoms. The second kappa shape index (κ2) is 6.21. The maximum Gasteiger partial charge on any atom is 0.0764 e. The van der Waals surface area contributed by atoms with Gasteiger partial charge in [-0.1, -0.05) is 12.1 Å². The van der Waals surface area contributed by atoms with E-state index in [0.29, 0.717) is 6.04 Å². The molecule has 112 valence electrons. The average Bonchev–Trinajstić information content (AvgIpc) is 2.96. The molecule has 2 fully saturated rings. The molecule has 2 aromatic rings. The van der Waals surface area contributed by atoms with E-state index in [1.54, 1.807) is 0 Å². The topological polar surface area (TPSA) is 15.3 Å². The summed E-state index contributed by atoms with van der Waals surface area (Å²) >= 11 is 3.72. The zero-order valence-electron chi connectivity index (χ0n) is 12.2. The summed E-state index contributed by atoms with van der Waals surface area (Å²) in [5, 5.41) is 8.21. The minimum Gasteiger partial charge on any atom is -0.305 e. The van der Waals surface area contributed by atoms with Crippen LogP contribution in [-0.2, 0) is 0 Å². The van der Waals surface area contributed by atoms with E-state index in [1.165, 1.54) is 42.1 Å². The molecular weight excluding hydrogens is 296 g/mol. The molecule has 1 unspecified atom stereocenters. The van der Waals surface area contributed by atoms with Crippen LogP contribution in [0.25, 0.3) is 0 Å². The fourth-order valence-corrected chi connectivity index (χ4v) is 5.05. The first-order valence-electron chi connectivity index (χ1n) is 7.94. The average molecular weight is 319 g/mol. The summed E-state index contributed by atoms with van der Waals surface area (Å²) in [5.41, 5.74) is 0. The lowest BCUT2D eigenvalue weighted by atomic mass is 10.1. The van der Waals surface area contributed by atoms with Crippen molar-refractivity contribution in [1.82, 2.24) is 10.2 Å². The van der Waals surface area contributed by atoms with Crippen LogP contribution in [0.5, 0.6) is 0 Å². The Morgan fingerprint density at radius 2 is 1.81 bits per heavy atom. The Labute approximate surface area is 134 Å². The third kappa shape index (κ3) is 3.24. The molecule has 2 aliphatic rings. The molecule has 0 amide bonds. The molecule has 2 aromatic heterocycles. The van der Waals surface area contributed by atoms with Crippen LogP contribution in [0.2, 0.25) is 0 Å². The summed E-state index contributed by atoms with van der Waals surface area (Å²) in [6, 6.07) is 10.2. The third-order valence-electron chi connectivity index (χ3n) is 4.65. The van der Waals surface area contributed by atoms with Crippen molar-refractivity contribution in [3.05, 3.63) is 44.8 Å². The molecule has 3 heterocycles. The van der Waals surface area contributed by atoms with E-state index in [-0.39, 0.29) is 0 Å². The number of likely N-dealkylation sites (tertiary alicyclic amines) is 1. The summed E-state index contributed by atoms with van der Waals surface area (Å²) in [6.45, 7) is 3.77. The Morgan fingerprint density at radius 1 is 1.10 bits per heavy atom. The van der Waals surface area contributed by atoms with Crippen molar-refractivity contribution in [1.29, 1.82) is 0 Å². The lowest BCUT2D eigenvalue weighted by molar-refractivity contribution is 0.311. The largest absolute Gasteiger partial charge is 0.305 e. The van der Waals surface area contributed by atoms with E-state index in [1.807, 2.05) is 22.7 Å². The van der Waals surface area contributed by atoms with E-state index in [0.717, 1.165) is 18.5 Å². The summed E-state index contributed by atoms with van der Waals surface area (Å²) < 4.78 is 0. The second-order valence-corrected chi connectivity index (χ2v) is 8.21. The molecule has 1 N–H and O–H groups in total. The Balaban J connectivity index is 1.39. The van der Waals surface area contributed by atoms with Crippen LogP contribution in [-0.4, -0.2) is 30.6 Å². The predicted molar refractivity (Wildman–Crippen MR) is 91.2 cm³/mol. The summed E-state index contributed by atoms with van der Waals surface area (Å²) in [5.74, 6) is 0.827. The van der Waals surface area contributed by atoms with E-state index in [4.69, 9.17) is 0 Å². The van der Waals surface area contributed by atoms with Crippen LogP contribution < -0.4 is 5.32 Å². The van der Waals surface area contributed by atoms with Gasteiger partial charge in [-0.2, -0.15) is 0 Å². The highest BCUT2D eigenvalue weighted by Crippen LogP contribution is 2.33. The number of hydrogen-bond acceptors (Lipinski definition) is 4. The highest BCUT2D eigenvalue weighted by atomic mass is 32.1. The van der Waals surface area contributed by atoms with Crippen molar-refractivity contribution >= 4 is 22.7 Å². The van der Waals surface area contributed by atoms with E-state index in [9.17, 15) is 0 Å². The Hall–Kier alpha value is -0.680. The quantitative estimate of drug-likeness (QED) is 0.867. The molecule has 1 saturated carbocycles. The monoisotopic (exact) mass is 318 g/mol. The lowest BCUT2D eigenvalue weighted by Gasteiger charge is -2.20. The van der Waals surface area contributed by atoms with Crippen LogP contribution in [0.15, 0.2) is 35.0 Å². The van der Waals surface area contributed by atoms with Gasteiger partial charge in [-0.3, -0.25) is 0 Å². The van der Waals surface area contributed by atoms with Crippen molar-refractivity contribution in [2.75, 3.05) is 19.6 Å². The molecule has 1 atom stereocenters. The molecule has 0 radical (unpaired) electrons. The highest BCUT2D eigenvalue weighted by Gasteiger charge is 2.34. The molecule has 0 aromatic carbocycles. The number of nitrogens with zero attached hydrogens (tertiary/aromatic N) is 1. The third-order valence-corrected chi connectivity index (χ3v) is 6.52. The first kappa shape index (κ1) is 13.9. The molecular formula is C17H22N2S2. The lowest BCUT2D eigenvalue weighted by Crippen LogP contribution is -2.30. The molecule has 0 spiro atoms. The standard InChI is InChI=1S/C17H22N2S2/c1-3-15(20-9-1)17(16-4-2-10-21-16)18-11-13-7-8-19(12-13)14-5-6-14/h1-4,9-10,13-14,17-18H,5-8,11-12H2. The van der Waals surface area contributed by atoms with Crippen LogP contribution >= 0.6 is 22.7 Å². The highest BCUT2D eigenvalue weighted by molar-refractivity contribution is 7.11. The predicted octanol–water partition coefficient (Wildman–Crippen LogP) is 3.97. The molecule has 2 nitrogen and oxygen atoms in total. The molecule has 4 rings (SSSR count). The van der Waals surface area contributed by atoms with Gasteiger partial charge in [-0.25, -0.2) is 0 Å². The Morgan fingerprint density at radius 3 is 2.38 bits per heavy atom.